The predicted octanol–water partition coefficient (Wildman–Crippen LogP) is 3.23. The van der Waals surface area contributed by atoms with Crippen LogP contribution in [0.3, 0.4) is 0 Å². The molecule has 4 nitrogen and oxygen atoms in total. The van der Waals surface area contributed by atoms with Gasteiger partial charge < -0.3 is 10.1 Å². The Morgan fingerprint density at radius 3 is 3.13 bits per heavy atom. The van der Waals surface area contributed by atoms with Crippen LogP contribution < -0.4 is 5.32 Å². The molecule has 0 aromatic carbocycles. The van der Waals surface area contributed by atoms with Crippen LogP contribution in [0.25, 0.3) is 0 Å². The molecule has 4 rings (SSSR count). The summed E-state index contributed by atoms with van der Waals surface area (Å²) < 4.78 is 6.16. The second-order valence-electron chi connectivity index (χ2n) is 6.41. The van der Waals surface area contributed by atoms with Crippen molar-refractivity contribution in [3.8, 4) is 0 Å². The molecular formula is C18H23N3OS. The van der Waals surface area contributed by atoms with E-state index >= 15 is 0 Å². The highest BCUT2D eigenvalue weighted by Crippen LogP contribution is 2.35. The van der Waals surface area contributed by atoms with Gasteiger partial charge in [0.05, 0.1) is 18.4 Å². The van der Waals surface area contributed by atoms with Crippen molar-refractivity contribution < 1.29 is 4.74 Å². The van der Waals surface area contributed by atoms with Gasteiger partial charge in [-0.25, -0.2) is 0 Å². The Balaban J connectivity index is 1.37. The number of aromatic nitrogens is 1. The minimum atomic E-state index is 0.368. The molecule has 3 heterocycles. The van der Waals surface area contributed by atoms with Gasteiger partial charge in [-0.1, -0.05) is 6.07 Å². The van der Waals surface area contributed by atoms with Crippen LogP contribution in [0.5, 0.6) is 0 Å². The summed E-state index contributed by atoms with van der Waals surface area (Å²) in [6.07, 6.45) is 6.55. The van der Waals surface area contributed by atoms with Gasteiger partial charge in [0.1, 0.15) is 0 Å². The molecule has 0 amide bonds. The molecule has 5 heteroatoms. The Labute approximate surface area is 141 Å². The zero-order valence-electron chi connectivity index (χ0n) is 13.2. The normalized spacial score (nSPS) is 27.7. The van der Waals surface area contributed by atoms with Crippen molar-refractivity contribution in [3.05, 3.63) is 46.9 Å². The van der Waals surface area contributed by atoms with Crippen LogP contribution in [0.15, 0.2) is 42.0 Å². The first kappa shape index (κ1) is 15.1. The summed E-state index contributed by atoms with van der Waals surface area (Å²) in [5.41, 5.74) is 1.10. The monoisotopic (exact) mass is 329 g/mol. The summed E-state index contributed by atoms with van der Waals surface area (Å²) in [6.45, 7) is 3.96. The van der Waals surface area contributed by atoms with E-state index in [1.54, 1.807) is 0 Å². The van der Waals surface area contributed by atoms with Crippen LogP contribution in [0.2, 0.25) is 0 Å². The first-order chi connectivity index (χ1) is 11.4. The topological polar surface area (TPSA) is 37.4 Å². The Morgan fingerprint density at radius 1 is 1.30 bits per heavy atom. The van der Waals surface area contributed by atoms with E-state index in [9.17, 15) is 0 Å². The molecule has 2 aromatic rings. The van der Waals surface area contributed by atoms with Crippen LogP contribution in [-0.2, 0) is 11.3 Å². The van der Waals surface area contributed by atoms with E-state index in [4.69, 9.17) is 4.74 Å². The second-order valence-corrected chi connectivity index (χ2v) is 7.44. The molecule has 3 atom stereocenters. The molecule has 122 valence electrons. The summed E-state index contributed by atoms with van der Waals surface area (Å²) in [4.78, 5) is 8.25. The van der Waals surface area contributed by atoms with Gasteiger partial charge in [-0.3, -0.25) is 9.88 Å². The Bertz CT molecular complexity index is 604. The number of hydrogen-bond acceptors (Lipinski definition) is 5. The van der Waals surface area contributed by atoms with Gasteiger partial charge in [0.25, 0.3) is 0 Å². The molecule has 2 aromatic heterocycles. The van der Waals surface area contributed by atoms with Crippen molar-refractivity contribution in [2.24, 2.45) is 5.92 Å². The SMILES string of the molecule is c1cncc(NC[C@@H]2CC[C@H]3[C@H]2OCCN3Cc2cccs2)c1. The molecule has 0 radical (unpaired) electrons. The van der Waals surface area contributed by atoms with E-state index in [2.05, 4.69) is 38.8 Å². The number of fused-ring (bicyclic) bond motifs is 1. The van der Waals surface area contributed by atoms with Gasteiger partial charge in [0.15, 0.2) is 0 Å². The molecule has 2 aliphatic rings. The first-order valence-corrected chi connectivity index (χ1v) is 9.30. The van der Waals surface area contributed by atoms with Gasteiger partial charge >= 0.3 is 0 Å². The maximum absolute atomic E-state index is 6.16. The third kappa shape index (κ3) is 3.42. The molecule has 1 aliphatic carbocycles. The van der Waals surface area contributed by atoms with Crippen molar-refractivity contribution >= 4 is 17.0 Å². The second kappa shape index (κ2) is 6.99. The molecule has 0 unspecified atom stereocenters. The average Bonchev–Trinajstić information content (AvgIpc) is 3.24. The zero-order valence-corrected chi connectivity index (χ0v) is 14.0. The largest absolute Gasteiger partial charge is 0.383 e. The van der Waals surface area contributed by atoms with Crippen molar-refractivity contribution in [3.63, 3.8) is 0 Å². The molecule has 1 N–H and O–H groups in total. The van der Waals surface area contributed by atoms with Gasteiger partial charge in [0, 0.05) is 48.9 Å². The third-order valence-corrected chi connectivity index (χ3v) is 5.86. The number of anilines is 1. The predicted molar refractivity (Wildman–Crippen MR) is 93.7 cm³/mol. The van der Waals surface area contributed by atoms with E-state index in [0.29, 0.717) is 18.1 Å². The molecule has 1 aliphatic heterocycles. The molecular weight excluding hydrogens is 306 g/mol. The van der Waals surface area contributed by atoms with Crippen LogP contribution in [0, 0.1) is 5.92 Å². The number of morpholine rings is 1. The number of ether oxygens (including phenoxy) is 1. The molecule has 0 bridgehead atoms. The van der Waals surface area contributed by atoms with Crippen molar-refractivity contribution in [2.75, 3.05) is 25.0 Å². The fraction of sp³-hybridized carbons (Fsp3) is 0.500. The summed E-state index contributed by atoms with van der Waals surface area (Å²) in [7, 11) is 0. The van der Waals surface area contributed by atoms with E-state index in [0.717, 1.165) is 31.9 Å². The van der Waals surface area contributed by atoms with Crippen LogP contribution >= 0.6 is 11.3 Å². The standard InChI is InChI=1S/C18H23N3OS/c1-3-15(12-19-7-1)20-11-14-5-6-17-18(14)22-9-8-21(17)13-16-4-2-10-23-16/h1-4,7,10,12,14,17-18,20H,5-6,8-9,11,13H2/t14-,17-,18-/m0/s1. The summed E-state index contributed by atoms with van der Waals surface area (Å²) >= 11 is 1.86. The summed E-state index contributed by atoms with van der Waals surface area (Å²) in [6, 6.07) is 9.01. The highest BCUT2D eigenvalue weighted by atomic mass is 32.1. The molecule has 23 heavy (non-hydrogen) atoms. The maximum atomic E-state index is 6.16. The lowest BCUT2D eigenvalue weighted by Crippen LogP contribution is -2.50. The molecule has 2 fully saturated rings. The molecule has 1 saturated heterocycles. The van der Waals surface area contributed by atoms with Crippen molar-refractivity contribution in [1.82, 2.24) is 9.88 Å². The van der Waals surface area contributed by atoms with Crippen LogP contribution in [0.4, 0.5) is 5.69 Å². The number of hydrogen-bond donors (Lipinski definition) is 1. The average molecular weight is 329 g/mol. The fourth-order valence-electron chi connectivity index (χ4n) is 3.87. The fourth-order valence-corrected chi connectivity index (χ4v) is 4.60. The number of pyridine rings is 1. The lowest BCUT2D eigenvalue weighted by molar-refractivity contribution is -0.0742. The maximum Gasteiger partial charge on any atom is 0.0775 e. The highest BCUT2D eigenvalue weighted by Gasteiger charge is 2.42. The quantitative estimate of drug-likeness (QED) is 0.914. The van der Waals surface area contributed by atoms with E-state index in [1.165, 1.54) is 17.7 Å². The van der Waals surface area contributed by atoms with Gasteiger partial charge in [-0.05, 0) is 36.4 Å². The van der Waals surface area contributed by atoms with E-state index in [1.807, 2.05) is 29.8 Å². The van der Waals surface area contributed by atoms with Gasteiger partial charge in [-0.15, -0.1) is 11.3 Å². The number of rotatable bonds is 5. The summed E-state index contributed by atoms with van der Waals surface area (Å²) in [5, 5.41) is 5.69. The van der Waals surface area contributed by atoms with Crippen molar-refractivity contribution in [1.29, 1.82) is 0 Å². The Hall–Kier alpha value is -1.43. The highest BCUT2D eigenvalue weighted by molar-refractivity contribution is 7.09. The van der Waals surface area contributed by atoms with Crippen molar-refractivity contribution in [2.45, 2.75) is 31.5 Å². The smallest absolute Gasteiger partial charge is 0.0775 e. The number of nitrogens with zero attached hydrogens (tertiary/aromatic N) is 2. The van der Waals surface area contributed by atoms with E-state index in [-0.39, 0.29) is 0 Å². The minimum absolute atomic E-state index is 0.368. The lowest BCUT2D eigenvalue weighted by Gasteiger charge is -2.39. The third-order valence-electron chi connectivity index (χ3n) is 5.00. The molecule has 0 spiro atoms. The first-order valence-electron chi connectivity index (χ1n) is 8.42. The van der Waals surface area contributed by atoms with Gasteiger partial charge in [0.2, 0.25) is 0 Å². The molecule has 1 saturated carbocycles. The van der Waals surface area contributed by atoms with Crippen LogP contribution in [-0.4, -0.2) is 41.7 Å². The Morgan fingerprint density at radius 2 is 2.30 bits per heavy atom. The van der Waals surface area contributed by atoms with Crippen LogP contribution in [0.1, 0.15) is 17.7 Å². The minimum Gasteiger partial charge on any atom is -0.383 e. The zero-order chi connectivity index (χ0) is 15.5. The van der Waals surface area contributed by atoms with E-state index < -0.39 is 0 Å². The Kier molecular flexibility index (Phi) is 4.60. The van der Waals surface area contributed by atoms with Gasteiger partial charge in [-0.2, -0.15) is 0 Å². The number of thiophene rings is 1. The summed E-state index contributed by atoms with van der Waals surface area (Å²) in [5.74, 6) is 0.589. The lowest BCUT2D eigenvalue weighted by atomic mass is 10.0. The number of nitrogens with one attached hydrogen (secondary N) is 1.